The Bertz CT molecular complexity index is 445. The molecule has 2 rings (SSSR count). The number of esters is 1. The van der Waals surface area contributed by atoms with Crippen LogP contribution in [0.2, 0.25) is 0 Å². The van der Waals surface area contributed by atoms with Crippen molar-refractivity contribution in [3.8, 4) is 5.75 Å². The first-order chi connectivity index (χ1) is 9.60. The number of benzene rings is 1. The molecule has 0 aliphatic carbocycles. The van der Waals surface area contributed by atoms with Crippen molar-refractivity contribution < 1.29 is 9.53 Å². The van der Waals surface area contributed by atoms with Gasteiger partial charge in [-0.25, -0.2) is 0 Å². The van der Waals surface area contributed by atoms with Gasteiger partial charge in [0.2, 0.25) is 0 Å². The number of piperazine rings is 1. The Morgan fingerprint density at radius 3 is 2.20 bits per heavy atom. The molecule has 0 spiro atoms. The summed E-state index contributed by atoms with van der Waals surface area (Å²) in [5.41, 5.74) is 2.02. The number of hydrogen-bond acceptors (Lipinski definition) is 4. The van der Waals surface area contributed by atoms with E-state index in [9.17, 15) is 4.79 Å². The third kappa shape index (κ3) is 3.81. The number of nitrogens with zero attached hydrogens (tertiary/aromatic N) is 2. The molecule has 0 unspecified atom stereocenters. The molecule has 0 aromatic heterocycles. The minimum atomic E-state index is -0.160. The van der Waals surface area contributed by atoms with E-state index in [2.05, 4.69) is 16.7 Å². The second-order valence-corrected chi connectivity index (χ2v) is 5.41. The van der Waals surface area contributed by atoms with Crippen LogP contribution >= 0.6 is 0 Å². The fourth-order valence-corrected chi connectivity index (χ4v) is 2.55. The van der Waals surface area contributed by atoms with E-state index in [0.717, 1.165) is 43.9 Å². The summed E-state index contributed by atoms with van der Waals surface area (Å²) in [6.45, 7) is 11.5. The first-order valence-corrected chi connectivity index (χ1v) is 7.31. The van der Waals surface area contributed by atoms with Crippen LogP contribution in [0.1, 0.15) is 18.1 Å². The van der Waals surface area contributed by atoms with Gasteiger partial charge in [-0.05, 0) is 31.5 Å². The molecule has 1 aromatic carbocycles. The largest absolute Gasteiger partial charge is 0.425 e. The lowest BCUT2D eigenvalue weighted by Crippen LogP contribution is -2.48. The number of rotatable bonds is 4. The Morgan fingerprint density at radius 1 is 1.10 bits per heavy atom. The van der Waals surface area contributed by atoms with Crippen molar-refractivity contribution >= 4 is 5.97 Å². The highest BCUT2D eigenvalue weighted by atomic mass is 16.5. The van der Waals surface area contributed by atoms with E-state index >= 15 is 0 Å². The van der Waals surface area contributed by atoms with Crippen LogP contribution in [-0.4, -0.2) is 55.0 Å². The van der Waals surface area contributed by atoms with Gasteiger partial charge in [-0.2, -0.15) is 0 Å². The number of aryl methyl sites for hydroxylation is 2. The van der Waals surface area contributed by atoms with Gasteiger partial charge in [-0.15, -0.1) is 0 Å². The van der Waals surface area contributed by atoms with Crippen molar-refractivity contribution in [3.05, 3.63) is 29.3 Å². The highest BCUT2D eigenvalue weighted by Gasteiger charge is 2.19. The van der Waals surface area contributed by atoms with Crippen molar-refractivity contribution in [1.82, 2.24) is 9.80 Å². The van der Waals surface area contributed by atoms with Gasteiger partial charge >= 0.3 is 5.97 Å². The maximum atomic E-state index is 12.1. The van der Waals surface area contributed by atoms with E-state index in [1.165, 1.54) is 0 Å². The van der Waals surface area contributed by atoms with Crippen LogP contribution in [0.25, 0.3) is 0 Å². The van der Waals surface area contributed by atoms with Gasteiger partial charge in [0.15, 0.2) is 0 Å². The van der Waals surface area contributed by atoms with Crippen LogP contribution in [0.3, 0.4) is 0 Å². The average Bonchev–Trinajstić information content (AvgIpc) is 2.44. The standard InChI is InChI=1S/C16H24N2O2/c1-4-17-8-10-18(11-9-17)12-15(19)20-16-13(2)6-5-7-14(16)3/h5-7H,4,8-12H2,1-3H3. The quantitative estimate of drug-likeness (QED) is 0.620. The van der Waals surface area contributed by atoms with Crippen LogP contribution < -0.4 is 4.74 Å². The normalized spacial score (nSPS) is 17.1. The summed E-state index contributed by atoms with van der Waals surface area (Å²) < 4.78 is 5.54. The zero-order valence-corrected chi connectivity index (χ0v) is 12.7. The third-order valence-corrected chi connectivity index (χ3v) is 3.89. The SMILES string of the molecule is CCN1CCN(CC(=O)Oc2c(C)cccc2C)CC1. The lowest BCUT2D eigenvalue weighted by atomic mass is 10.1. The first kappa shape index (κ1) is 15.0. The monoisotopic (exact) mass is 276 g/mol. The molecule has 0 radical (unpaired) electrons. The van der Waals surface area contributed by atoms with Crippen molar-refractivity contribution in [2.45, 2.75) is 20.8 Å². The molecule has 0 N–H and O–H groups in total. The summed E-state index contributed by atoms with van der Waals surface area (Å²) >= 11 is 0. The Kier molecular flexibility index (Phi) is 5.15. The molecule has 4 nitrogen and oxygen atoms in total. The minimum absolute atomic E-state index is 0.160. The smallest absolute Gasteiger partial charge is 0.325 e. The molecule has 1 aliphatic rings. The lowest BCUT2D eigenvalue weighted by Gasteiger charge is -2.33. The van der Waals surface area contributed by atoms with E-state index in [1.807, 2.05) is 32.0 Å². The molecule has 0 atom stereocenters. The molecule has 1 aromatic rings. The summed E-state index contributed by atoms with van der Waals surface area (Å²) in [5.74, 6) is 0.553. The Morgan fingerprint density at radius 2 is 1.65 bits per heavy atom. The number of hydrogen-bond donors (Lipinski definition) is 0. The van der Waals surface area contributed by atoms with Crippen molar-refractivity contribution in [1.29, 1.82) is 0 Å². The summed E-state index contributed by atoms with van der Waals surface area (Å²) in [5, 5.41) is 0. The van der Waals surface area contributed by atoms with Crippen LogP contribution in [0.4, 0.5) is 0 Å². The Balaban J connectivity index is 1.87. The predicted molar refractivity (Wildman–Crippen MR) is 80.1 cm³/mol. The fourth-order valence-electron chi connectivity index (χ4n) is 2.55. The average molecular weight is 276 g/mol. The summed E-state index contributed by atoms with van der Waals surface area (Å²) in [6, 6.07) is 5.91. The molecule has 0 saturated carbocycles. The molecule has 1 saturated heterocycles. The molecule has 4 heteroatoms. The van der Waals surface area contributed by atoms with Gasteiger partial charge in [0.05, 0.1) is 6.54 Å². The molecule has 20 heavy (non-hydrogen) atoms. The van der Waals surface area contributed by atoms with E-state index < -0.39 is 0 Å². The van der Waals surface area contributed by atoms with Crippen molar-refractivity contribution in [3.63, 3.8) is 0 Å². The highest BCUT2D eigenvalue weighted by Crippen LogP contribution is 2.22. The molecule has 1 fully saturated rings. The van der Waals surface area contributed by atoms with Gasteiger partial charge in [0, 0.05) is 26.2 Å². The molecular weight excluding hydrogens is 252 g/mol. The summed E-state index contributed by atoms with van der Waals surface area (Å²) in [4.78, 5) is 16.6. The zero-order valence-electron chi connectivity index (χ0n) is 12.7. The molecule has 1 aliphatic heterocycles. The fraction of sp³-hybridized carbons (Fsp3) is 0.562. The predicted octanol–water partition coefficient (Wildman–Crippen LogP) is 1.85. The topological polar surface area (TPSA) is 32.8 Å². The van der Waals surface area contributed by atoms with Crippen LogP contribution in [0, 0.1) is 13.8 Å². The van der Waals surface area contributed by atoms with E-state index in [4.69, 9.17) is 4.74 Å². The molecule has 0 bridgehead atoms. The van der Waals surface area contributed by atoms with Gasteiger partial charge in [0.1, 0.15) is 5.75 Å². The number of para-hydroxylation sites is 1. The Labute approximate surface area is 121 Å². The second kappa shape index (κ2) is 6.86. The number of carbonyl (C=O) groups excluding carboxylic acids is 1. The maximum absolute atomic E-state index is 12.1. The summed E-state index contributed by atoms with van der Waals surface area (Å²) in [7, 11) is 0. The van der Waals surface area contributed by atoms with Crippen molar-refractivity contribution in [2.24, 2.45) is 0 Å². The van der Waals surface area contributed by atoms with Crippen LogP contribution in [0.15, 0.2) is 18.2 Å². The molecular formula is C16H24N2O2. The number of likely N-dealkylation sites (N-methyl/N-ethyl adjacent to an activating group) is 1. The van der Waals surface area contributed by atoms with E-state index in [1.54, 1.807) is 0 Å². The van der Waals surface area contributed by atoms with E-state index in [-0.39, 0.29) is 5.97 Å². The molecule has 1 heterocycles. The molecule has 0 amide bonds. The molecule has 110 valence electrons. The van der Waals surface area contributed by atoms with Crippen LogP contribution in [0.5, 0.6) is 5.75 Å². The minimum Gasteiger partial charge on any atom is -0.425 e. The third-order valence-electron chi connectivity index (χ3n) is 3.89. The first-order valence-electron chi connectivity index (χ1n) is 7.31. The van der Waals surface area contributed by atoms with Crippen molar-refractivity contribution in [2.75, 3.05) is 39.3 Å². The Hall–Kier alpha value is -1.39. The van der Waals surface area contributed by atoms with Gasteiger partial charge in [0.25, 0.3) is 0 Å². The van der Waals surface area contributed by atoms with Gasteiger partial charge in [-0.1, -0.05) is 25.1 Å². The highest BCUT2D eigenvalue weighted by molar-refractivity contribution is 5.75. The number of ether oxygens (including phenoxy) is 1. The second-order valence-electron chi connectivity index (χ2n) is 5.41. The summed E-state index contributed by atoms with van der Waals surface area (Å²) in [6.07, 6.45) is 0. The van der Waals surface area contributed by atoms with Crippen LogP contribution in [-0.2, 0) is 4.79 Å². The lowest BCUT2D eigenvalue weighted by molar-refractivity contribution is -0.136. The zero-order chi connectivity index (χ0) is 14.5. The number of carbonyl (C=O) groups is 1. The van der Waals surface area contributed by atoms with Gasteiger partial charge < -0.3 is 9.64 Å². The van der Waals surface area contributed by atoms with Gasteiger partial charge in [-0.3, -0.25) is 9.69 Å². The van der Waals surface area contributed by atoms with E-state index in [0.29, 0.717) is 12.3 Å². The maximum Gasteiger partial charge on any atom is 0.325 e.